The van der Waals surface area contributed by atoms with Crippen LogP contribution in [-0.4, -0.2) is 71.8 Å². The Morgan fingerprint density at radius 1 is 0.932 bits per heavy atom. The molecule has 10 heteroatoms. The smallest absolute Gasteiger partial charge is 0.408 e. The van der Waals surface area contributed by atoms with E-state index in [0.29, 0.717) is 13.0 Å². The van der Waals surface area contributed by atoms with Crippen molar-refractivity contribution in [2.24, 2.45) is 5.92 Å². The highest BCUT2D eigenvalue weighted by molar-refractivity contribution is 5.86. The summed E-state index contributed by atoms with van der Waals surface area (Å²) in [4.78, 5) is 53.6. The average Bonchev–Trinajstić information content (AvgIpc) is 3.52. The Balaban J connectivity index is 1.63. The van der Waals surface area contributed by atoms with E-state index in [1.54, 1.807) is 11.0 Å². The SMILES string of the molecule is C=CC[C@H](CC(=O)N1CCC[C@H]1CO)C(=O)N[C@H](COC(=O)[C@@H](CC=C)NC(=O)OCc1ccccc1)Cc1ccccc1. The van der Waals surface area contributed by atoms with Crippen molar-refractivity contribution >= 4 is 23.9 Å². The summed E-state index contributed by atoms with van der Waals surface area (Å²) in [6, 6.07) is 16.7. The maximum absolute atomic E-state index is 13.4. The van der Waals surface area contributed by atoms with E-state index < -0.39 is 30.1 Å². The Morgan fingerprint density at radius 3 is 2.23 bits per heavy atom. The first-order chi connectivity index (χ1) is 21.3. The number of allylic oxidation sites excluding steroid dienone is 1. The molecule has 1 aliphatic rings. The van der Waals surface area contributed by atoms with Gasteiger partial charge in [0.15, 0.2) is 0 Å². The number of aliphatic hydroxyl groups is 1. The number of aliphatic hydroxyl groups excluding tert-OH is 1. The number of hydrogen-bond acceptors (Lipinski definition) is 7. The van der Waals surface area contributed by atoms with Crippen LogP contribution in [-0.2, 0) is 36.9 Å². The summed E-state index contributed by atoms with van der Waals surface area (Å²) in [7, 11) is 0. The van der Waals surface area contributed by atoms with Gasteiger partial charge in [-0.2, -0.15) is 0 Å². The van der Waals surface area contributed by atoms with E-state index >= 15 is 0 Å². The number of carbonyl (C=O) groups excluding carboxylic acids is 4. The van der Waals surface area contributed by atoms with Crippen LogP contribution in [0.3, 0.4) is 0 Å². The number of rotatable bonds is 17. The van der Waals surface area contributed by atoms with Gasteiger partial charge in [0.2, 0.25) is 11.8 Å². The number of likely N-dealkylation sites (tertiary alicyclic amines) is 1. The summed E-state index contributed by atoms with van der Waals surface area (Å²) in [5.74, 6) is -1.92. The normalized spacial score (nSPS) is 16.2. The minimum Gasteiger partial charge on any atom is -0.462 e. The zero-order valence-corrected chi connectivity index (χ0v) is 25.1. The molecule has 0 saturated carbocycles. The van der Waals surface area contributed by atoms with E-state index in [-0.39, 0.29) is 56.9 Å². The summed E-state index contributed by atoms with van der Waals surface area (Å²) in [6.07, 6.45) is 4.60. The van der Waals surface area contributed by atoms with Crippen molar-refractivity contribution in [2.45, 2.75) is 63.3 Å². The standard InChI is InChI=1S/C34H43N3O7/c1-3-12-27(21-31(39)37-19-11-18-29(37)22-38)32(40)35-28(20-25-14-7-5-8-15-25)24-43-33(41)30(13-4-2)36-34(42)44-23-26-16-9-6-10-17-26/h3-10,14-17,27-30,38H,1-2,11-13,18-24H2,(H,35,40)(H,36,42)/t27-,28+,29+,30-/m1/s1. The first-order valence-corrected chi connectivity index (χ1v) is 14.9. The lowest BCUT2D eigenvalue weighted by atomic mass is 9.98. The molecule has 0 unspecified atom stereocenters. The number of nitrogens with zero attached hydrogens (tertiary/aromatic N) is 1. The van der Waals surface area contributed by atoms with Crippen LogP contribution in [0.1, 0.15) is 43.2 Å². The van der Waals surface area contributed by atoms with Gasteiger partial charge in [0, 0.05) is 13.0 Å². The van der Waals surface area contributed by atoms with Crippen molar-refractivity contribution in [1.29, 1.82) is 0 Å². The van der Waals surface area contributed by atoms with Crippen molar-refractivity contribution < 1.29 is 33.8 Å². The van der Waals surface area contributed by atoms with Crippen LogP contribution in [0.15, 0.2) is 86.0 Å². The fourth-order valence-corrected chi connectivity index (χ4v) is 5.11. The van der Waals surface area contributed by atoms with Crippen molar-refractivity contribution in [2.75, 3.05) is 19.8 Å². The lowest BCUT2D eigenvalue weighted by Gasteiger charge is -2.26. The van der Waals surface area contributed by atoms with Crippen molar-refractivity contribution in [3.63, 3.8) is 0 Å². The number of carbonyl (C=O) groups is 4. The second kappa shape index (κ2) is 18.3. The lowest BCUT2D eigenvalue weighted by Crippen LogP contribution is -2.47. The molecule has 2 aromatic carbocycles. The molecule has 2 aromatic rings. The highest BCUT2D eigenvalue weighted by Crippen LogP contribution is 2.21. The molecule has 1 aliphatic heterocycles. The number of hydrogen-bond donors (Lipinski definition) is 3. The summed E-state index contributed by atoms with van der Waals surface area (Å²) in [5.41, 5.74) is 1.72. The number of nitrogens with one attached hydrogen (secondary N) is 2. The zero-order valence-electron chi connectivity index (χ0n) is 25.1. The van der Waals surface area contributed by atoms with Crippen molar-refractivity contribution in [3.05, 3.63) is 97.1 Å². The molecule has 4 atom stereocenters. The van der Waals surface area contributed by atoms with E-state index in [0.717, 1.165) is 24.0 Å². The predicted octanol–water partition coefficient (Wildman–Crippen LogP) is 3.69. The van der Waals surface area contributed by atoms with Crippen LogP contribution in [0.2, 0.25) is 0 Å². The summed E-state index contributed by atoms with van der Waals surface area (Å²) in [5, 5.41) is 15.1. The minimum absolute atomic E-state index is 0.0252. The number of amides is 3. The molecule has 0 aliphatic carbocycles. The van der Waals surface area contributed by atoms with E-state index in [2.05, 4.69) is 23.8 Å². The maximum Gasteiger partial charge on any atom is 0.408 e. The molecule has 0 aromatic heterocycles. The Bertz CT molecular complexity index is 1240. The number of alkyl carbamates (subject to hydrolysis) is 1. The van der Waals surface area contributed by atoms with Gasteiger partial charge in [-0.05, 0) is 43.2 Å². The molecule has 44 heavy (non-hydrogen) atoms. The van der Waals surface area contributed by atoms with Gasteiger partial charge in [-0.15, -0.1) is 13.2 Å². The van der Waals surface area contributed by atoms with E-state index in [9.17, 15) is 24.3 Å². The number of ether oxygens (including phenoxy) is 2. The van der Waals surface area contributed by atoms with Crippen LogP contribution < -0.4 is 10.6 Å². The quantitative estimate of drug-likeness (QED) is 0.185. The molecular weight excluding hydrogens is 562 g/mol. The van der Waals surface area contributed by atoms with Gasteiger partial charge in [0.05, 0.1) is 24.6 Å². The Morgan fingerprint density at radius 2 is 1.59 bits per heavy atom. The molecule has 1 fully saturated rings. The lowest BCUT2D eigenvalue weighted by molar-refractivity contribution is -0.147. The number of esters is 1. The molecule has 1 heterocycles. The largest absolute Gasteiger partial charge is 0.462 e. The molecule has 3 amide bonds. The monoisotopic (exact) mass is 605 g/mol. The highest BCUT2D eigenvalue weighted by Gasteiger charge is 2.32. The van der Waals surface area contributed by atoms with Gasteiger partial charge in [0.25, 0.3) is 0 Å². The number of benzene rings is 2. The summed E-state index contributed by atoms with van der Waals surface area (Å²) >= 11 is 0. The van der Waals surface area contributed by atoms with Crippen LogP contribution in [0.5, 0.6) is 0 Å². The third-order valence-electron chi connectivity index (χ3n) is 7.44. The van der Waals surface area contributed by atoms with E-state index in [4.69, 9.17) is 9.47 Å². The van der Waals surface area contributed by atoms with Gasteiger partial charge in [0.1, 0.15) is 19.3 Å². The topological polar surface area (TPSA) is 134 Å². The summed E-state index contributed by atoms with van der Waals surface area (Å²) < 4.78 is 10.8. The maximum atomic E-state index is 13.4. The molecule has 3 rings (SSSR count). The fourth-order valence-electron chi connectivity index (χ4n) is 5.11. The predicted molar refractivity (Wildman–Crippen MR) is 166 cm³/mol. The molecule has 1 saturated heterocycles. The third kappa shape index (κ3) is 11.0. The minimum atomic E-state index is -1.03. The Kier molecular flexibility index (Phi) is 14.1. The van der Waals surface area contributed by atoms with Gasteiger partial charge in [-0.25, -0.2) is 9.59 Å². The summed E-state index contributed by atoms with van der Waals surface area (Å²) in [6.45, 7) is 7.73. The highest BCUT2D eigenvalue weighted by atomic mass is 16.6. The van der Waals surface area contributed by atoms with Gasteiger partial charge < -0.3 is 30.1 Å². The van der Waals surface area contributed by atoms with E-state index in [1.807, 2.05) is 60.7 Å². The van der Waals surface area contributed by atoms with Crippen LogP contribution in [0.25, 0.3) is 0 Å². The van der Waals surface area contributed by atoms with Crippen molar-refractivity contribution in [1.82, 2.24) is 15.5 Å². The average molecular weight is 606 g/mol. The second-order valence-corrected chi connectivity index (χ2v) is 10.8. The third-order valence-corrected chi connectivity index (χ3v) is 7.44. The van der Waals surface area contributed by atoms with Gasteiger partial charge >= 0.3 is 12.1 Å². The second-order valence-electron chi connectivity index (χ2n) is 10.8. The molecule has 3 N–H and O–H groups in total. The van der Waals surface area contributed by atoms with Crippen molar-refractivity contribution in [3.8, 4) is 0 Å². The molecule has 0 radical (unpaired) electrons. The Hall–Kier alpha value is -4.44. The first kappa shape index (κ1) is 34.1. The van der Waals surface area contributed by atoms with Crippen LogP contribution in [0, 0.1) is 5.92 Å². The fraction of sp³-hybridized carbons (Fsp3) is 0.412. The molecule has 10 nitrogen and oxygen atoms in total. The molecule has 0 bridgehead atoms. The van der Waals surface area contributed by atoms with Crippen LogP contribution in [0.4, 0.5) is 4.79 Å². The van der Waals surface area contributed by atoms with Gasteiger partial charge in [-0.3, -0.25) is 9.59 Å². The molecular formula is C34H43N3O7. The first-order valence-electron chi connectivity index (χ1n) is 14.9. The molecule has 0 spiro atoms. The zero-order chi connectivity index (χ0) is 31.7. The Labute approximate surface area is 259 Å². The molecule has 236 valence electrons. The van der Waals surface area contributed by atoms with Crippen LogP contribution >= 0.6 is 0 Å². The van der Waals surface area contributed by atoms with E-state index in [1.165, 1.54) is 6.08 Å². The van der Waals surface area contributed by atoms with Gasteiger partial charge in [-0.1, -0.05) is 72.8 Å².